The summed E-state index contributed by atoms with van der Waals surface area (Å²) < 4.78 is 14.7. The Balaban J connectivity index is 1.77. The highest BCUT2D eigenvalue weighted by Crippen LogP contribution is 2.36. The van der Waals surface area contributed by atoms with Gasteiger partial charge in [-0.1, -0.05) is 51.8 Å². The third-order valence-corrected chi connectivity index (χ3v) is 5.49. The predicted molar refractivity (Wildman–Crippen MR) is 113 cm³/mol. The van der Waals surface area contributed by atoms with Gasteiger partial charge in [-0.15, -0.1) is 0 Å². The van der Waals surface area contributed by atoms with Crippen LogP contribution in [0.4, 0.5) is 4.39 Å². The van der Waals surface area contributed by atoms with E-state index in [1.807, 2.05) is 36.4 Å². The average molecular weight is 460 g/mol. The number of phenolic OH excluding ortho intramolecular Hbond substituents is 1. The number of benzene rings is 3. The average Bonchev–Trinajstić information content (AvgIpc) is 2.70. The smallest absolute Gasteiger partial charge is 0.126 e. The van der Waals surface area contributed by atoms with Crippen molar-refractivity contribution in [2.75, 3.05) is 0 Å². The molecule has 0 fully saturated rings. The fourth-order valence-electron chi connectivity index (χ4n) is 3.37. The number of aromatic hydroxyl groups is 1. The number of halogens is 3. The van der Waals surface area contributed by atoms with Crippen LogP contribution in [-0.4, -0.2) is 10.8 Å². The molecule has 142 valence electrons. The van der Waals surface area contributed by atoms with Crippen molar-refractivity contribution in [1.82, 2.24) is 5.32 Å². The molecule has 0 aromatic heterocycles. The van der Waals surface area contributed by atoms with Crippen LogP contribution in [0.2, 0.25) is 5.02 Å². The number of nitrogens with one attached hydrogen (secondary N) is 1. The van der Waals surface area contributed by atoms with Crippen LogP contribution in [0.3, 0.4) is 0 Å². The molecule has 0 saturated heterocycles. The van der Waals surface area contributed by atoms with Crippen LogP contribution in [-0.2, 0) is 0 Å². The Kier molecular flexibility index (Phi) is 5.49. The number of hydrogen-bond acceptors (Lipinski definition) is 3. The van der Waals surface area contributed by atoms with Gasteiger partial charge >= 0.3 is 0 Å². The molecule has 0 aliphatic carbocycles. The Bertz CT molecular complexity index is 1040. The molecule has 2 atom stereocenters. The molecule has 3 nitrogen and oxygen atoms in total. The largest absolute Gasteiger partial charge is 0.508 e. The van der Waals surface area contributed by atoms with Crippen molar-refractivity contribution in [2.24, 2.45) is 4.99 Å². The molecule has 3 aromatic carbocycles. The minimum absolute atomic E-state index is 0.186. The zero-order valence-electron chi connectivity index (χ0n) is 14.7. The monoisotopic (exact) mass is 458 g/mol. The van der Waals surface area contributed by atoms with Crippen LogP contribution in [0, 0.1) is 5.82 Å². The Hall–Kier alpha value is -2.21. The van der Waals surface area contributed by atoms with Gasteiger partial charge in [0.1, 0.15) is 17.7 Å². The molecular formula is C22H17BrClFN2O. The molecule has 4 rings (SSSR count). The van der Waals surface area contributed by atoms with Gasteiger partial charge in [-0.3, -0.25) is 10.3 Å². The topological polar surface area (TPSA) is 44.6 Å². The minimum Gasteiger partial charge on any atom is -0.508 e. The van der Waals surface area contributed by atoms with Gasteiger partial charge in [0.2, 0.25) is 0 Å². The molecule has 28 heavy (non-hydrogen) atoms. The summed E-state index contributed by atoms with van der Waals surface area (Å²) in [7, 11) is 0. The lowest BCUT2D eigenvalue weighted by Gasteiger charge is -2.31. The van der Waals surface area contributed by atoms with Gasteiger partial charge in [-0.25, -0.2) is 4.39 Å². The third kappa shape index (κ3) is 4.12. The van der Waals surface area contributed by atoms with Crippen molar-refractivity contribution in [3.63, 3.8) is 0 Å². The van der Waals surface area contributed by atoms with E-state index in [0.29, 0.717) is 11.4 Å². The SMILES string of the molecule is Oc1ccc(Br)cc1C1CC(c2ccc(Cl)cc2)=NC(c2cccc(F)c2)N1. The third-order valence-electron chi connectivity index (χ3n) is 4.75. The van der Waals surface area contributed by atoms with E-state index < -0.39 is 6.17 Å². The summed E-state index contributed by atoms with van der Waals surface area (Å²) in [5, 5.41) is 14.5. The molecule has 3 aromatic rings. The number of hydrogen-bond donors (Lipinski definition) is 2. The molecule has 2 unspecified atom stereocenters. The Morgan fingerprint density at radius 3 is 2.61 bits per heavy atom. The molecule has 0 spiro atoms. The molecule has 2 N–H and O–H groups in total. The van der Waals surface area contributed by atoms with Crippen LogP contribution in [0.5, 0.6) is 5.75 Å². The summed E-state index contributed by atoms with van der Waals surface area (Å²) >= 11 is 9.49. The van der Waals surface area contributed by atoms with E-state index in [0.717, 1.165) is 26.9 Å². The first-order valence-electron chi connectivity index (χ1n) is 8.82. The molecule has 6 heteroatoms. The number of nitrogens with zero attached hydrogens (tertiary/aromatic N) is 1. The van der Waals surface area contributed by atoms with Crippen molar-refractivity contribution in [1.29, 1.82) is 0 Å². The lowest BCUT2D eigenvalue weighted by molar-refractivity contribution is 0.411. The van der Waals surface area contributed by atoms with Crippen LogP contribution in [0.15, 0.2) is 76.2 Å². The van der Waals surface area contributed by atoms with Crippen LogP contribution >= 0.6 is 27.5 Å². The zero-order valence-corrected chi connectivity index (χ0v) is 17.1. The first-order chi connectivity index (χ1) is 13.5. The molecule has 1 aliphatic rings. The highest BCUT2D eigenvalue weighted by molar-refractivity contribution is 9.10. The lowest BCUT2D eigenvalue weighted by atomic mass is 9.93. The Morgan fingerprint density at radius 2 is 1.86 bits per heavy atom. The van der Waals surface area contributed by atoms with Crippen LogP contribution in [0.1, 0.15) is 35.3 Å². The normalized spacial score (nSPS) is 19.3. The Morgan fingerprint density at radius 1 is 1.07 bits per heavy atom. The summed E-state index contributed by atoms with van der Waals surface area (Å²) in [4.78, 5) is 4.82. The zero-order chi connectivity index (χ0) is 19.7. The highest BCUT2D eigenvalue weighted by atomic mass is 79.9. The van der Waals surface area contributed by atoms with Gasteiger partial charge in [0.05, 0.1) is 0 Å². The van der Waals surface area contributed by atoms with Crippen molar-refractivity contribution in [2.45, 2.75) is 18.6 Å². The maximum atomic E-state index is 13.8. The van der Waals surface area contributed by atoms with Gasteiger partial charge in [-0.05, 0) is 53.6 Å². The summed E-state index contributed by atoms with van der Waals surface area (Å²) in [5.41, 5.74) is 3.31. The quantitative estimate of drug-likeness (QED) is 0.492. The number of aliphatic imine (C=N–C) groups is 1. The van der Waals surface area contributed by atoms with E-state index in [4.69, 9.17) is 16.6 Å². The maximum absolute atomic E-state index is 13.8. The molecule has 0 bridgehead atoms. The van der Waals surface area contributed by atoms with E-state index >= 15 is 0 Å². The number of rotatable bonds is 3. The van der Waals surface area contributed by atoms with Gasteiger partial charge in [-0.2, -0.15) is 0 Å². The number of phenols is 1. The Labute approximate surface area is 176 Å². The first kappa shape index (κ1) is 19.1. The second-order valence-electron chi connectivity index (χ2n) is 6.67. The predicted octanol–water partition coefficient (Wildman–Crippen LogP) is 6.17. The standard InChI is InChI=1S/C22H17BrClFN2O/c23-15-6-9-21(28)18(11-15)20-12-19(13-4-7-16(24)8-5-13)26-22(27-20)14-2-1-3-17(25)10-14/h1-11,20,22,27-28H,12H2. The van der Waals surface area contributed by atoms with Crippen molar-refractivity contribution < 1.29 is 9.50 Å². The second-order valence-corrected chi connectivity index (χ2v) is 8.02. The molecule has 0 amide bonds. The summed E-state index contributed by atoms with van der Waals surface area (Å²) in [5.74, 6) is -0.106. The summed E-state index contributed by atoms with van der Waals surface area (Å²) in [6.45, 7) is 0. The van der Waals surface area contributed by atoms with Gasteiger partial charge < -0.3 is 5.11 Å². The first-order valence-corrected chi connectivity index (χ1v) is 9.99. The molecule has 0 saturated carbocycles. The molecule has 0 radical (unpaired) electrons. The van der Waals surface area contributed by atoms with E-state index in [2.05, 4.69) is 21.2 Å². The molecule has 1 aliphatic heterocycles. The van der Waals surface area contributed by atoms with Gasteiger partial charge in [0.15, 0.2) is 0 Å². The molecular weight excluding hydrogens is 443 g/mol. The van der Waals surface area contributed by atoms with Crippen molar-refractivity contribution in [3.05, 3.63) is 98.7 Å². The van der Waals surface area contributed by atoms with Gasteiger partial charge in [0.25, 0.3) is 0 Å². The summed E-state index contributed by atoms with van der Waals surface area (Å²) in [6.07, 6.45) is 0.149. The lowest BCUT2D eigenvalue weighted by Crippen LogP contribution is -2.33. The summed E-state index contributed by atoms with van der Waals surface area (Å²) in [6, 6.07) is 19.0. The van der Waals surface area contributed by atoms with Crippen LogP contribution < -0.4 is 5.32 Å². The van der Waals surface area contributed by atoms with Gasteiger partial charge in [0, 0.05) is 33.2 Å². The van der Waals surface area contributed by atoms with E-state index in [1.54, 1.807) is 18.2 Å². The molecule has 1 heterocycles. The highest BCUT2D eigenvalue weighted by Gasteiger charge is 2.28. The van der Waals surface area contributed by atoms with E-state index in [1.165, 1.54) is 12.1 Å². The van der Waals surface area contributed by atoms with E-state index in [-0.39, 0.29) is 17.6 Å². The minimum atomic E-state index is -0.432. The maximum Gasteiger partial charge on any atom is 0.126 e. The fraction of sp³-hybridized carbons (Fsp3) is 0.136. The second kappa shape index (κ2) is 8.03. The van der Waals surface area contributed by atoms with Crippen LogP contribution in [0.25, 0.3) is 0 Å². The van der Waals surface area contributed by atoms with E-state index in [9.17, 15) is 9.50 Å². The fourth-order valence-corrected chi connectivity index (χ4v) is 3.88. The van der Waals surface area contributed by atoms with Crippen molar-refractivity contribution in [3.8, 4) is 5.75 Å². The van der Waals surface area contributed by atoms with Crippen molar-refractivity contribution >= 4 is 33.2 Å².